The predicted octanol–water partition coefficient (Wildman–Crippen LogP) is 3.19. The van der Waals surface area contributed by atoms with E-state index in [-0.39, 0.29) is 17.8 Å². The molecule has 2 rings (SSSR count). The van der Waals surface area contributed by atoms with Crippen LogP contribution in [0.4, 0.5) is 4.39 Å². The van der Waals surface area contributed by atoms with E-state index >= 15 is 0 Å². The van der Waals surface area contributed by atoms with Crippen molar-refractivity contribution in [2.24, 2.45) is 0 Å². The Kier molecular flexibility index (Phi) is 4.11. The molecule has 2 aromatic carbocycles. The fourth-order valence-electron chi connectivity index (χ4n) is 1.84. The Morgan fingerprint density at radius 1 is 1.25 bits per heavy atom. The number of halogens is 1. The first kappa shape index (κ1) is 13.8. The van der Waals surface area contributed by atoms with Crippen molar-refractivity contribution in [3.63, 3.8) is 0 Å². The summed E-state index contributed by atoms with van der Waals surface area (Å²) in [6.07, 6.45) is 0. The summed E-state index contributed by atoms with van der Waals surface area (Å²) in [6, 6.07) is 14.2. The molecule has 20 heavy (non-hydrogen) atoms. The van der Waals surface area contributed by atoms with E-state index in [1.807, 2.05) is 13.0 Å². The average molecular weight is 268 g/mol. The highest BCUT2D eigenvalue weighted by molar-refractivity contribution is 5.94. The zero-order valence-corrected chi connectivity index (χ0v) is 10.9. The van der Waals surface area contributed by atoms with Crippen LogP contribution in [0.15, 0.2) is 48.5 Å². The minimum absolute atomic E-state index is 0.242. The fraction of sp³-hybridized carbons (Fsp3) is 0.125. The molecule has 4 heteroatoms. The Balaban J connectivity index is 2.11. The third-order valence-electron chi connectivity index (χ3n) is 2.97. The Morgan fingerprint density at radius 2 is 1.95 bits per heavy atom. The highest BCUT2D eigenvalue weighted by Crippen LogP contribution is 2.14. The summed E-state index contributed by atoms with van der Waals surface area (Å²) in [6.45, 7) is 1.82. The van der Waals surface area contributed by atoms with Crippen LogP contribution in [0.25, 0.3) is 0 Å². The minimum atomic E-state index is -0.311. The summed E-state index contributed by atoms with van der Waals surface area (Å²) >= 11 is 0. The molecule has 0 fully saturated rings. The highest BCUT2D eigenvalue weighted by Gasteiger charge is 2.11. The molecule has 0 radical (unpaired) electrons. The van der Waals surface area contributed by atoms with Gasteiger partial charge in [0, 0.05) is 5.56 Å². The van der Waals surface area contributed by atoms with Crippen molar-refractivity contribution in [3.8, 4) is 6.07 Å². The molecule has 1 atom stereocenters. The molecule has 3 nitrogen and oxygen atoms in total. The summed E-state index contributed by atoms with van der Waals surface area (Å²) in [5.74, 6) is -0.576. The molecular weight excluding hydrogens is 255 g/mol. The lowest BCUT2D eigenvalue weighted by atomic mass is 10.1. The smallest absolute Gasteiger partial charge is 0.251 e. The quantitative estimate of drug-likeness (QED) is 0.929. The lowest BCUT2D eigenvalue weighted by molar-refractivity contribution is 0.0940. The van der Waals surface area contributed by atoms with Crippen LogP contribution in [-0.2, 0) is 0 Å². The molecule has 0 spiro atoms. The van der Waals surface area contributed by atoms with Crippen LogP contribution >= 0.6 is 0 Å². The van der Waals surface area contributed by atoms with Crippen molar-refractivity contribution in [2.45, 2.75) is 13.0 Å². The highest BCUT2D eigenvalue weighted by atomic mass is 19.1. The van der Waals surface area contributed by atoms with Crippen LogP contribution in [0, 0.1) is 17.1 Å². The van der Waals surface area contributed by atoms with Gasteiger partial charge in [0.2, 0.25) is 0 Å². The minimum Gasteiger partial charge on any atom is -0.346 e. The maximum absolute atomic E-state index is 12.8. The SMILES string of the molecule is C[C@H](NC(=O)c1cccc(C#N)c1)c1ccc(F)cc1. The van der Waals surface area contributed by atoms with Gasteiger partial charge < -0.3 is 5.32 Å². The first-order valence-electron chi connectivity index (χ1n) is 6.16. The number of nitriles is 1. The largest absolute Gasteiger partial charge is 0.346 e. The molecule has 1 N–H and O–H groups in total. The van der Waals surface area contributed by atoms with E-state index in [0.29, 0.717) is 11.1 Å². The summed E-state index contributed by atoms with van der Waals surface area (Å²) in [4.78, 5) is 12.1. The molecule has 0 aliphatic heterocycles. The molecule has 0 aliphatic carbocycles. The van der Waals surface area contributed by atoms with Crippen molar-refractivity contribution in [3.05, 3.63) is 71.0 Å². The topological polar surface area (TPSA) is 52.9 Å². The fourth-order valence-corrected chi connectivity index (χ4v) is 1.84. The maximum Gasteiger partial charge on any atom is 0.251 e. The summed E-state index contributed by atoms with van der Waals surface area (Å²) in [5.41, 5.74) is 1.68. The number of nitrogens with one attached hydrogen (secondary N) is 1. The molecule has 0 saturated heterocycles. The lowest BCUT2D eigenvalue weighted by Crippen LogP contribution is -2.26. The summed E-state index contributed by atoms with van der Waals surface area (Å²) in [7, 11) is 0. The first-order valence-corrected chi connectivity index (χ1v) is 6.16. The normalized spacial score (nSPS) is 11.4. The van der Waals surface area contributed by atoms with Crippen molar-refractivity contribution >= 4 is 5.91 Å². The van der Waals surface area contributed by atoms with Crippen LogP contribution in [-0.4, -0.2) is 5.91 Å². The van der Waals surface area contributed by atoms with Crippen molar-refractivity contribution in [1.82, 2.24) is 5.32 Å². The number of nitrogens with zero attached hydrogens (tertiary/aromatic N) is 1. The van der Waals surface area contributed by atoms with Gasteiger partial charge in [-0.2, -0.15) is 5.26 Å². The summed E-state index contributed by atoms with van der Waals surface area (Å²) in [5, 5.41) is 11.6. The van der Waals surface area contributed by atoms with Crippen LogP contribution in [0.2, 0.25) is 0 Å². The second kappa shape index (κ2) is 5.98. The van der Waals surface area contributed by atoms with Gasteiger partial charge in [0.25, 0.3) is 5.91 Å². The zero-order chi connectivity index (χ0) is 14.5. The van der Waals surface area contributed by atoms with Gasteiger partial charge in [0.1, 0.15) is 5.82 Å². The second-order valence-corrected chi connectivity index (χ2v) is 4.44. The van der Waals surface area contributed by atoms with Gasteiger partial charge in [0.05, 0.1) is 17.7 Å². The Hall–Kier alpha value is -2.67. The van der Waals surface area contributed by atoms with Gasteiger partial charge >= 0.3 is 0 Å². The van der Waals surface area contributed by atoms with Crippen LogP contribution < -0.4 is 5.32 Å². The Labute approximate surface area is 116 Å². The third kappa shape index (κ3) is 3.21. The van der Waals surface area contributed by atoms with E-state index in [9.17, 15) is 9.18 Å². The van der Waals surface area contributed by atoms with Crippen molar-refractivity contribution in [2.75, 3.05) is 0 Å². The number of amides is 1. The first-order chi connectivity index (χ1) is 9.60. The van der Waals surface area contributed by atoms with Gasteiger partial charge in [-0.3, -0.25) is 4.79 Å². The number of rotatable bonds is 3. The molecule has 0 heterocycles. The molecule has 2 aromatic rings. The standard InChI is InChI=1S/C16H13FN2O/c1-11(13-5-7-15(17)8-6-13)19-16(20)14-4-2-3-12(9-14)10-18/h2-9,11H,1H3,(H,19,20)/t11-/m0/s1. The molecule has 0 saturated carbocycles. The van der Waals surface area contributed by atoms with Gasteiger partial charge in [-0.1, -0.05) is 18.2 Å². The zero-order valence-electron chi connectivity index (χ0n) is 10.9. The molecule has 100 valence electrons. The van der Waals surface area contributed by atoms with Crippen LogP contribution in [0.1, 0.15) is 34.5 Å². The number of carbonyl (C=O) groups is 1. The molecule has 0 unspecified atom stereocenters. The molecule has 0 aromatic heterocycles. The average Bonchev–Trinajstić information content (AvgIpc) is 2.47. The second-order valence-electron chi connectivity index (χ2n) is 4.44. The van der Waals surface area contributed by atoms with E-state index in [1.54, 1.807) is 30.3 Å². The number of benzene rings is 2. The predicted molar refractivity (Wildman–Crippen MR) is 73.4 cm³/mol. The van der Waals surface area contributed by atoms with Crippen molar-refractivity contribution < 1.29 is 9.18 Å². The van der Waals surface area contributed by atoms with E-state index in [4.69, 9.17) is 5.26 Å². The van der Waals surface area contributed by atoms with Crippen LogP contribution in [0.5, 0.6) is 0 Å². The van der Waals surface area contributed by atoms with Gasteiger partial charge in [-0.05, 0) is 42.8 Å². The van der Waals surface area contributed by atoms with Gasteiger partial charge in [0.15, 0.2) is 0 Å². The molecular formula is C16H13FN2O. The van der Waals surface area contributed by atoms with E-state index in [0.717, 1.165) is 5.56 Å². The number of hydrogen-bond acceptors (Lipinski definition) is 2. The maximum atomic E-state index is 12.8. The molecule has 0 aliphatic rings. The van der Waals surface area contributed by atoms with Crippen LogP contribution in [0.3, 0.4) is 0 Å². The van der Waals surface area contributed by atoms with Crippen molar-refractivity contribution in [1.29, 1.82) is 5.26 Å². The Morgan fingerprint density at radius 3 is 2.60 bits per heavy atom. The molecule has 1 amide bonds. The molecule has 0 bridgehead atoms. The number of carbonyl (C=O) groups excluding carboxylic acids is 1. The third-order valence-corrected chi connectivity index (χ3v) is 2.97. The van der Waals surface area contributed by atoms with Gasteiger partial charge in [-0.15, -0.1) is 0 Å². The summed E-state index contributed by atoms with van der Waals surface area (Å²) < 4.78 is 12.8. The Bertz CT molecular complexity index is 659. The van der Waals surface area contributed by atoms with Gasteiger partial charge in [-0.25, -0.2) is 4.39 Å². The van der Waals surface area contributed by atoms with E-state index < -0.39 is 0 Å². The lowest BCUT2D eigenvalue weighted by Gasteiger charge is -2.14. The number of hydrogen-bond donors (Lipinski definition) is 1. The monoisotopic (exact) mass is 268 g/mol. The van der Waals surface area contributed by atoms with E-state index in [2.05, 4.69) is 5.32 Å². The van der Waals surface area contributed by atoms with E-state index in [1.165, 1.54) is 18.2 Å².